The molecule has 0 aromatic carbocycles. The molecule has 1 saturated heterocycles. The molecule has 2 atom stereocenters. The molecule has 0 radical (unpaired) electrons. The van der Waals surface area contributed by atoms with E-state index in [0.717, 1.165) is 18.9 Å². The standard InChI is InChI=1S/C21H21FN6O6/c1-34-21(33)16-4-12(28-6-10(9-29)24-25-28)7-27(16)19-15(22)5-13-17(30)14(20(31)32)8-26(11-2-3-11)18(13)23-19/h5-6,8,11-12,16,29H,2-4,7,9H2,1H3,(H,31,32)/t12-,16+/m1/s1. The molecule has 0 bridgehead atoms. The average Bonchev–Trinajstić information content (AvgIpc) is 3.38. The smallest absolute Gasteiger partial charge is 0.341 e. The maximum atomic E-state index is 15.3. The molecule has 12 nitrogen and oxygen atoms in total. The molecule has 2 fully saturated rings. The average molecular weight is 472 g/mol. The van der Waals surface area contributed by atoms with Crippen molar-refractivity contribution in [2.24, 2.45) is 0 Å². The topological polar surface area (TPSA) is 153 Å². The Bertz CT molecular complexity index is 1370. The predicted molar refractivity (Wildman–Crippen MR) is 114 cm³/mol. The molecule has 34 heavy (non-hydrogen) atoms. The molecule has 2 N–H and O–H groups in total. The highest BCUT2D eigenvalue weighted by Gasteiger charge is 2.41. The number of ether oxygens (including phenoxy) is 1. The van der Waals surface area contributed by atoms with Gasteiger partial charge in [-0.3, -0.25) is 4.79 Å². The van der Waals surface area contributed by atoms with E-state index in [1.165, 1.54) is 22.9 Å². The first-order chi connectivity index (χ1) is 16.3. The van der Waals surface area contributed by atoms with Crippen molar-refractivity contribution >= 4 is 28.8 Å². The molecule has 4 heterocycles. The normalized spacial score (nSPS) is 20.1. The van der Waals surface area contributed by atoms with Gasteiger partial charge in [0.2, 0.25) is 5.43 Å². The summed E-state index contributed by atoms with van der Waals surface area (Å²) < 4.78 is 23.4. The lowest BCUT2D eigenvalue weighted by atomic mass is 10.1. The molecular formula is C21H21FN6O6. The van der Waals surface area contributed by atoms with Gasteiger partial charge >= 0.3 is 11.9 Å². The van der Waals surface area contributed by atoms with E-state index in [1.54, 1.807) is 10.8 Å². The Labute approximate surface area is 191 Å². The van der Waals surface area contributed by atoms with Crippen LogP contribution >= 0.6 is 0 Å². The van der Waals surface area contributed by atoms with E-state index in [0.29, 0.717) is 5.69 Å². The molecule has 3 aromatic heterocycles. The summed E-state index contributed by atoms with van der Waals surface area (Å²) in [6, 6.07) is -0.321. The van der Waals surface area contributed by atoms with Crippen LogP contribution in [0.4, 0.5) is 10.2 Å². The molecule has 1 saturated carbocycles. The van der Waals surface area contributed by atoms with Crippen molar-refractivity contribution in [2.45, 2.75) is 44.0 Å². The van der Waals surface area contributed by atoms with Crippen LogP contribution in [0.3, 0.4) is 0 Å². The van der Waals surface area contributed by atoms with Gasteiger partial charge in [0.25, 0.3) is 0 Å². The summed E-state index contributed by atoms with van der Waals surface area (Å²) in [6.07, 6.45) is 4.58. The Morgan fingerprint density at radius 2 is 2.03 bits per heavy atom. The predicted octanol–water partition coefficient (Wildman–Crippen LogP) is 0.645. The van der Waals surface area contributed by atoms with Crippen LogP contribution in [0.2, 0.25) is 0 Å². The van der Waals surface area contributed by atoms with Crippen molar-refractivity contribution in [1.29, 1.82) is 0 Å². The number of aliphatic hydroxyl groups excluding tert-OH is 1. The fourth-order valence-corrected chi connectivity index (χ4v) is 4.39. The Morgan fingerprint density at radius 3 is 2.65 bits per heavy atom. The minimum atomic E-state index is -1.39. The third-order valence-electron chi connectivity index (χ3n) is 6.23. The number of aliphatic hydroxyl groups is 1. The number of carboxylic acids is 1. The molecule has 0 amide bonds. The minimum absolute atomic E-state index is 0.0400. The Morgan fingerprint density at radius 1 is 1.26 bits per heavy atom. The van der Waals surface area contributed by atoms with Crippen molar-refractivity contribution in [3.63, 3.8) is 0 Å². The molecule has 13 heteroatoms. The number of hydrogen-bond acceptors (Lipinski definition) is 9. The maximum absolute atomic E-state index is 15.3. The first-order valence-corrected chi connectivity index (χ1v) is 10.7. The first kappa shape index (κ1) is 21.9. The lowest BCUT2D eigenvalue weighted by Gasteiger charge is -2.24. The van der Waals surface area contributed by atoms with Crippen LogP contribution in [-0.4, -0.2) is 66.4 Å². The van der Waals surface area contributed by atoms with Crippen LogP contribution in [0.1, 0.15) is 47.4 Å². The maximum Gasteiger partial charge on any atom is 0.341 e. The van der Waals surface area contributed by atoms with Gasteiger partial charge in [0.15, 0.2) is 11.6 Å². The number of halogens is 1. The summed E-state index contributed by atoms with van der Waals surface area (Å²) >= 11 is 0. The van der Waals surface area contributed by atoms with Crippen molar-refractivity contribution in [1.82, 2.24) is 24.5 Å². The van der Waals surface area contributed by atoms with E-state index in [4.69, 9.17) is 4.74 Å². The first-order valence-electron chi connectivity index (χ1n) is 10.7. The number of carbonyl (C=O) groups is 2. The number of hydrogen-bond donors (Lipinski definition) is 2. The highest BCUT2D eigenvalue weighted by molar-refractivity contribution is 5.92. The fraction of sp³-hybridized carbons (Fsp3) is 0.429. The summed E-state index contributed by atoms with van der Waals surface area (Å²) in [5.74, 6) is -3.00. The number of methoxy groups -OCH3 is 1. The monoisotopic (exact) mass is 472 g/mol. The SMILES string of the molecule is COC(=O)[C@@H]1C[C@@H](n2cc(CO)nn2)CN1c1nc2c(cc1F)c(=O)c(C(=O)O)cn2C1CC1. The molecule has 1 aliphatic carbocycles. The second-order valence-electron chi connectivity index (χ2n) is 8.41. The Balaban J connectivity index is 1.62. The van der Waals surface area contributed by atoms with E-state index in [9.17, 15) is 24.6 Å². The quantitative estimate of drug-likeness (QED) is 0.489. The number of aromatic carboxylic acids is 1. The van der Waals surface area contributed by atoms with Gasteiger partial charge in [-0.25, -0.2) is 23.6 Å². The molecule has 1 aliphatic heterocycles. The van der Waals surface area contributed by atoms with E-state index in [1.807, 2.05) is 0 Å². The zero-order valence-corrected chi connectivity index (χ0v) is 18.1. The number of aromatic nitrogens is 5. The van der Waals surface area contributed by atoms with Gasteiger partial charge in [-0.05, 0) is 18.9 Å². The summed E-state index contributed by atoms with van der Waals surface area (Å²) in [4.78, 5) is 42.7. The molecule has 5 rings (SSSR count). The number of nitrogens with zero attached hydrogens (tertiary/aromatic N) is 6. The second-order valence-corrected chi connectivity index (χ2v) is 8.41. The van der Waals surface area contributed by atoms with Crippen molar-refractivity contribution in [3.05, 3.63) is 45.8 Å². The second kappa shape index (κ2) is 8.17. The van der Waals surface area contributed by atoms with E-state index in [2.05, 4.69) is 15.3 Å². The van der Waals surface area contributed by atoms with Crippen LogP contribution in [0.5, 0.6) is 0 Å². The van der Waals surface area contributed by atoms with Crippen molar-refractivity contribution < 1.29 is 28.9 Å². The number of carboxylic acid groups (broad SMARTS) is 1. The van der Waals surface area contributed by atoms with E-state index in [-0.39, 0.29) is 48.5 Å². The zero-order chi connectivity index (χ0) is 24.1. The molecule has 2 aliphatic rings. The number of anilines is 1. The van der Waals surface area contributed by atoms with Crippen LogP contribution in [0.25, 0.3) is 11.0 Å². The largest absolute Gasteiger partial charge is 0.477 e. The highest BCUT2D eigenvalue weighted by atomic mass is 19.1. The third kappa shape index (κ3) is 3.57. The van der Waals surface area contributed by atoms with Gasteiger partial charge in [-0.1, -0.05) is 5.21 Å². The van der Waals surface area contributed by atoms with Crippen LogP contribution in [-0.2, 0) is 16.1 Å². The van der Waals surface area contributed by atoms with Crippen molar-refractivity contribution in [3.8, 4) is 0 Å². The lowest BCUT2D eigenvalue weighted by Crippen LogP contribution is -2.38. The van der Waals surface area contributed by atoms with Gasteiger partial charge in [0.1, 0.15) is 22.9 Å². The van der Waals surface area contributed by atoms with Crippen molar-refractivity contribution in [2.75, 3.05) is 18.6 Å². The minimum Gasteiger partial charge on any atom is -0.477 e. The Kier molecular flexibility index (Phi) is 5.27. The molecule has 0 unspecified atom stereocenters. The van der Waals surface area contributed by atoms with Gasteiger partial charge in [0.05, 0.1) is 31.3 Å². The van der Waals surface area contributed by atoms with E-state index < -0.39 is 34.8 Å². The van der Waals surface area contributed by atoms with Gasteiger partial charge in [-0.2, -0.15) is 0 Å². The summed E-state index contributed by atoms with van der Waals surface area (Å²) in [5, 5.41) is 26.4. The summed E-state index contributed by atoms with van der Waals surface area (Å²) in [5.41, 5.74) is -0.761. The molecule has 0 spiro atoms. The van der Waals surface area contributed by atoms with Gasteiger partial charge in [-0.15, -0.1) is 5.10 Å². The number of pyridine rings is 2. The number of carbonyl (C=O) groups excluding carboxylic acids is 1. The number of esters is 1. The zero-order valence-electron chi connectivity index (χ0n) is 18.1. The third-order valence-corrected chi connectivity index (χ3v) is 6.23. The van der Waals surface area contributed by atoms with Gasteiger partial charge < -0.3 is 24.4 Å². The molecular weight excluding hydrogens is 451 g/mol. The lowest BCUT2D eigenvalue weighted by molar-refractivity contribution is -0.142. The number of rotatable bonds is 6. The summed E-state index contributed by atoms with van der Waals surface area (Å²) in [6.45, 7) is -0.154. The highest BCUT2D eigenvalue weighted by Crippen LogP contribution is 2.38. The Hall–Kier alpha value is -3.87. The van der Waals surface area contributed by atoms with Crippen LogP contribution in [0.15, 0.2) is 23.3 Å². The van der Waals surface area contributed by atoms with Gasteiger partial charge in [0, 0.05) is 25.2 Å². The summed E-state index contributed by atoms with van der Waals surface area (Å²) in [7, 11) is 1.23. The van der Waals surface area contributed by atoms with Crippen LogP contribution in [0, 0.1) is 5.82 Å². The molecule has 178 valence electrons. The van der Waals surface area contributed by atoms with E-state index >= 15 is 4.39 Å². The van der Waals surface area contributed by atoms with Crippen LogP contribution < -0.4 is 10.3 Å². The fourth-order valence-electron chi connectivity index (χ4n) is 4.39. The number of fused-ring (bicyclic) bond motifs is 1. The molecule has 3 aromatic rings.